The maximum absolute atomic E-state index is 11.3. The molecule has 3 aliphatic rings. The zero-order chi connectivity index (χ0) is 17.4. The van der Waals surface area contributed by atoms with E-state index < -0.39 is 6.10 Å². The molecule has 3 aliphatic heterocycles. The summed E-state index contributed by atoms with van der Waals surface area (Å²) in [6, 6.07) is 8.28. The smallest absolute Gasteiger partial charge is 0.131 e. The van der Waals surface area contributed by atoms with Gasteiger partial charge < -0.3 is 14.7 Å². The average molecular weight is 341 g/mol. The van der Waals surface area contributed by atoms with Gasteiger partial charge in [0.15, 0.2) is 0 Å². The van der Waals surface area contributed by atoms with Crippen molar-refractivity contribution in [1.29, 1.82) is 0 Å². The normalized spacial score (nSPS) is 29.7. The molecule has 5 rings (SSSR count). The number of rotatable bonds is 5. The number of aliphatic hydroxyl groups excluding tert-OH is 1. The van der Waals surface area contributed by atoms with Gasteiger partial charge in [-0.25, -0.2) is 0 Å². The number of benzene rings is 1. The number of nitrogens with zero attached hydrogens (tertiary/aromatic N) is 1. The van der Waals surface area contributed by atoms with Gasteiger partial charge in [-0.2, -0.15) is 0 Å². The SMILES string of the molecule is CCOc1ccc2nccc([C@@H](O)[C@@H]3C[C@H]4CC[NH+]3C[C@H]4CC)c2c1. The topological polar surface area (TPSA) is 46.8 Å². The van der Waals surface area contributed by atoms with Crippen molar-refractivity contribution < 1.29 is 14.7 Å². The molecule has 5 atom stereocenters. The van der Waals surface area contributed by atoms with E-state index in [-0.39, 0.29) is 0 Å². The van der Waals surface area contributed by atoms with Crippen LogP contribution in [0.5, 0.6) is 5.75 Å². The number of hydrogen-bond acceptors (Lipinski definition) is 3. The Morgan fingerprint density at radius 1 is 1.32 bits per heavy atom. The van der Waals surface area contributed by atoms with E-state index in [2.05, 4.69) is 11.9 Å². The van der Waals surface area contributed by atoms with Crippen LogP contribution in [0, 0.1) is 11.8 Å². The summed E-state index contributed by atoms with van der Waals surface area (Å²) >= 11 is 0. The molecular weight excluding hydrogens is 312 g/mol. The van der Waals surface area contributed by atoms with Crippen molar-refractivity contribution in [2.45, 2.75) is 45.3 Å². The second-order valence-electron chi connectivity index (χ2n) is 7.63. The van der Waals surface area contributed by atoms with E-state index in [1.807, 2.05) is 37.4 Å². The summed E-state index contributed by atoms with van der Waals surface area (Å²) in [6.45, 7) is 7.36. The molecule has 1 aromatic carbocycles. The molecule has 25 heavy (non-hydrogen) atoms. The quantitative estimate of drug-likeness (QED) is 0.878. The van der Waals surface area contributed by atoms with Crippen molar-refractivity contribution in [2.24, 2.45) is 11.8 Å². The zero-order valence-electron chi connectivity index (χ0n) is 15.2. The molecule has 0 aliphatic carbocycles. The van der Waals surface area contributed by atoms with Crippen LogP contribution < -0.4 is 9.64 Å². The van der Waals surface area contributed by atoms with Gasteiger partial charge in [0.25, 0.3) is 0 Å². The minimum atomic E-state index is -0.432. The molecule has 0 saturated carbocycles. The lowest BCUT2D eigenvalue weighted by Gasteiger charge is -2.48. The second-order valence-corrected chi connectivity index (χ2v) is 7.63. The highest BCUT2D eigenvalue weighted by Gasteiger charge is 2.46. The highest BCUT2D eigenvalue weighted by atomic mass is 16.5. The number of hydrogen-bond donors (Lipinski definition) is 2. The Kier molecular flexibility index (Phi) is 4.65. The van der Waals surface area contributed by atoms with E-state index >= 15 is 0 Å². The number of piperidine rings is 3. The van der Waals surface area contributed by atoms with Gasteiger partial charge in [-0.3, -0.25) is 4.98 Å². The number of nitrogens with one attached hydrogen (secondary N) is 1. The number of ether oxygens (including phenoxy) is 1. The molecular formula is C21H29N2O2+. The van der Waals surface area contributed by atoms with Crippen LogP contribution in [0.25, 0.3) is 10.9 Å². The van der Waals surface area contributed by atoms with Gasteiger partial charge in [-0.1, -0.05) is 6.92 Å². The number of aliphatic hydroxyl groups is 1. The fourth-order valence-corrected chi connectivity index (χ4v) is 5.06. The highest BCUT2D eigenvalue weighted by Crippen LogP contribution is 2.35. The molecule has 0 spiro atoms. The Balaban J connectivity index is 1.66. The molecule has 3 fully saturated rings. The first kappa shape index (κ1) is 16.8. The lowest BCUT2D eigenvalue weighted by atomic mass is 9.72. The van der Waals surface area contributed by atoms with Crippen LogP contribution in [0.15, 0.2) is 30.5 Å². The molecule has 0 radical (unpaired) electrons. The van der Waals surface area contributed by atoms with Crippen LogP contribution in [0.2, 0.25) is 0 Å². The predicted molar refractivity (Wildman–Crippen MR) is 98.9 cm³/mol. The van der Waals surface area contributed by atoms with Gasteiger partial charge >= 0.3 is 0 Å². The third-order valence-corrected chi connectivity index (χ3v) is 6.39. The van der Waals surface area contributed by atoms with Crippen molar-refractivity contribution in [3.8, 4) is 5.75 Å². The third kappa shape index (κ3) is 3.02. The second kappa shape index (κ2) is 6.93. The fraction of sp³-hybridized carbons (Fsp3) is 0.571. The molecule has 2 aromatic rings. The van der Waals surface area contributed by atoms with Crippen LogP contribution in [-0.2, 0) is 0 Å². The minimum absolute atomic E-state index is 0.308. The van der Waals surface area contributed by atoms with Crippen LogP contribution in [0.1, 0.15) is 44.8 Å². The lowest BCUT2D eigenvalue weighted by molar-refractivity contribution is -0.950. The number of fused-ring (bicyclic) bond motifs is 4. The Morgan fingerprint density at radius 2 is 2.20 bits per heavy atom. The summed E-state index contributed by atoms with van der Waals surface area (Å²) < 4.78 is 5.66. The van der Waals surface area contributed by atoms with E-state index in [1.165, 1.54) is 25.9 Å². The van der Waals surface area contributed by atoms with Gasteiger partial charge in [0, 0.05) is 30.3 Å². The monoisotopic (exact) mass is 341 g/mol. The summed E-state index contributed by atoms with van der Waals surface area (Å²) in [6.07, 6.45) is 5.12. The Labute approximate surface area is 149 Å². The van der Waals surface area contributed by atoms with Gasteiger partial charge in [0.1, 0.15) is 17.9 Å². The van der Waals surface area contributed by atoms with Gasteiger partial charge in [0.2, 0.25) is 0 Å². The zero-order valence-corrected chi connectivity index (χ0v) is 15.2. The number of aromatic nitrogens is 1. The van der Waals surface area contributed by atoms with Crippen molar-refractivity contribution in [3.63, 3.8) is 0 Å². The summed E-state index contributed by atoms with van der Waals surface area (Å²) in [5.41, 5.74) is 1.93. The van der Waals surface area contributed by atoms with Crippen LogP contribution in [-0.4, -0.2) is 35.8 Å². The lowest BCUT2D eigenvalue weighted by Crippen LogP contribution is -3.20. The molecule has 1 aromatic heterocycles. The van der Waals surface area contributed by atoms with Crippen LogP contribution in [0.4, 0.5) is 0 Å². The van der Waals surface area contributed by atoms with E-state index in [4.69, 9.17) is 4.74 Å². The summed E-state index contributed by atoms with van der Waals surface area (Å²) in [5, 5.41) is 12.3. The molecule has 2 bridgehead atoms. The van der Waals surface area contributed by atoms with Gasteiger partial charge in [0.05, 0.1) is 25.2 Å². The third-order valence-electron chi connectivity index (χ3n) is 6.39. The Bertz CT molecular complexity index is 748. The van der Waals surface area contributed by atoms with Crippen LogP contribution in [0.3, 0.4) is 0 Å². The van der Waals surface area contributed by atoms with E-state index in [0.29, 0.717) is 12.6 Å². The van der Waals surface area contributed by atoms with Gasteiger partial charge in [-0.05, 0) is 49.1 Å². The van der Waals surface area contributed by atoms with Crippen molar-refractivity contribution in [1.82, 2.24) is 4.98 Å². The Hall–Kier alpha value is -1.65. The summed E-state index contributed by atoms with van der Waals surface area (Å²) in [4.78, 5) is 6.06. The molecule has 4 nitrogen and oxygen atoms in total. The molecule has 3 saturated heterocycles. The standard InChI is InChI=1S/C21H28N2O2/c1-3-14-13-23-10-8-15(14)11-20(23)21(24)17-7-9-22-19-6-5-16(25-4-2)12-18(17)19/h5-7,9,12,14-15,20-21,24H,3-4,8,10-11,13H2,1-2H3/p+1/t14-,15-,20+,21-/m1/s1. The first-order valence-corrected chi connectivity index (χ1v) is 9.75. The highest BCUT2D eigenvalue weighted by molar-refractivity contribution is 5.83. The maximum Gasteiger partial charge on any atom is 0.131 e. The first-order valence-electron chi connectivity index (χ1n) is 9.75. The van der Waals surface area contributed by atoms with Crippen LogP contribution >= 0.6 is 0 Å². The summed E-state index contributed by atoms with van der Waals surface area (Å²) in [5.74, 6) is 2.47. The molecule has 134 valence electrons. The van der Waals surface area contributed by atoms with Crippen molar-refractivity contribution in [3.05, 3.63) is 36.0 Å². The van der Waals surface area contributed by atoms with Gasteiger partial charge in [-0.15, -0.1) is 0 Å². The van der Waals surface area contributed by atoms with E-state index in [1.54, 1.807) is 4.90 Å². The minimum Gasteiger partial charge on any atom is -0.494 e. The maximum atomic E-state index is 11.3. The number of pyridine rings is 1. The van der Waals surface area contributed by atoms with Crippen molar-refractivity contribution in [2.75, 3.05) is 19.7 Å². The largest absolute Gasteiger partial charge is 0.494 e. The predicted octanol–water partition coefficient (Wildman–Crippen LogP) is 2.37. The molecule has 4 heteroatoms. The number of quaternary nitrogens is 1. The average Bonchev–Trinajstić information content (AvgIpc) is 2.67. The molecule has 2 N–H and O–H groups in total. The first-order chi connectivity index (χ1) is 12.2. The fourth-order valence-electron chi connectivity index (χ4n) is 5.06. The molecule has 0 amide bonds. The molecule has 1 unspecified atom stereocenters. The molecule has 4 heterocycles. The summed E-state index contributed by atoms with van der Waals surface area (Å²) in [7, 11) is 0. The van der Waals surface area contributed by atoms with Crippen molar-refractivity contribution >= 4 is 10.9 Å². The van der Waals surface area contributed by atoms with E-state index in [0.717, 1.165) is 40.5 Å². The van der Waals surface area contributed by atoms with E-state index in [9.17, 15) is 5.11 Å². The Morgan fingerprint density at radius 3 is 2.92 bits per heavy atom.